The van der Waals surface area contributed by atoms with Crippen molar-refractivity contribution in [2.75, 3.05) is 6.61 Å². The Kier molecular flexibility index (Phi) is 4.95. The topological polar surface area (TPSA) is 70.3 Å². The van der Waals surface area contributed by atoms with Crippen molar-refractivity contribution >= 4 is 17.6 Å². The van der Waals surface area contributed by atoms with Crippen molar-refractivity contribution in [3.63, 3.8) is 0 Å². The van der Waals surface area contributed by atoms with E-state index < -0.39 is 5.97 Å². The molecule has 0 spiro atoms. The van der Waals surface area contributed by atoms with Gasteiger partial charge in [-0.15, -0.1) is 0 Å². The van der Waals surface area contributed by atoms with Gasteiger partial charge in [0.2, 0.25) is 0 Å². The molecule has 0 aliphatic rings. The van der Waals surface area contributed by atoms with Crippen LogP contribution in [0.15, 0.2) is 12.1 Å². The Balaban J connectivity index is 3.13. The number of carbonyl (C=O) groups excluding carboxylic acids is 1. The van der Waals surface area contributed by atoms with E-state index >= 15 is 0 Å². The summed E-state index contributed by atoms with van der Waals surface area (Å²) in [5.41, 5.74) is 1.15. The fourth-order valence-electron chi connectivity index (χ4n) is 1.50. The molecule has 0 aromatic heterocycles. The molecule has 0 aliphatic carbocycles. The molecule has 0 heterocycles. The Labute approximate surface area is 104 Å². The Hall–Kier alpha value is -1.57. The molecule has 5 heteroatoms. The molecule has 4 nitrogen and oxygen atoms in total. The SMILES string of the molecule is CCOC(=O)Cc1c(Cl)ccc(C#N)c1CO. The number of carbonyl (C=O) groups is 1. The van der Waals surface area contributed by atoms with Crippen LogP contribution < -0.4 is 0 Å². The van der Waals surface area contributed by atoms with Gasteiger partial charge in [0.25, 0.3) is 0 Å². The maximum atomic E-state index is 11.4. The number of nitriles is 1. The third-order valence-corrected chi connectivity index (χ3v) is 2.63. The summed E-state index contributed by atoms with van der Waals surface area (Å²) >= 11 is 5.95. The number of esters is 1. The summed E-state index contributed by atoms with van der Waals surface area (Å²) in [5, 5.41) is 18.5. The van der Waals surface area contributed by atoms with Crippen molar-refractivity contribution in [3.8, 4) is 6.07 Å². The van der Waals surface area contributed by atoms with Crippen LogP contribution in [-0.2, 0) is 22.6 Å². The van der Waals surface area contributed by atoms with Gasteiger partial charge in [-0.3, -0.25) is 4.79 Å². The van der Waals surface area contributed by atoms with Gasteiger partial charge in [0.05, 0.1) is 31.3 Å². The number of rotatable bonds is 4. The first-order valence-corrected chi connectivity index (χ1v) is 5.48. The van der Waals surface area contributed by atoms with Gasteiger partial charge < -0.3 is 9.84 Å². The van der Waals surface area contributed by atoms with E-state index in [2.05, 4.69) is 0 Å². The Morgan fingerprint density at radius 2 is 2.24 bits per heavy atom. The summed E-state index contributed by atoms with van der Waals surface area (Å²) in [5.74, 6) is -0.431. The van der Waals surface area contributed by atoms with Gasteiger partial charge in [-0.2, -0.15) is 5.26 Å². The number of halogens is 1. The second kappa shape index (κ2) is 6.24. The monoisotopic (exact) mass is 253 g/mol. The highest BCUT2D eigenvalue weighted by Gasteiger charge is 2.15. The minimum atomic E-state index is -0.431. The Morgan fingerprint density at radius 3 is 2.76 bits per heavy atom. The van der Waals surface area contributed by atoms with Crippen LogP contribution in [0.25, 0.3) is 0 Å². The van der Waals surface area contributed by atoms with Crippen LogP contribution in [0.3, 0.4) is 0 Å². The first-order chi connectivity index (χ1) is 8.13. The largest absolute Gasteiger partial charge is 0.466 e. The summed E-state index contributed by atoms with van der Waals surface area (Å²) in [6.45, 7) is 1.65. The zero-order valence-corrected chi connectivity index (χ0v) is 10.1. The molecule has 17 heavy (non-hydrogen) atoms. The maximum Gasteiger partial charge on any atom is 0.310 e. The fourth-order valence-corrected chi connectivity index (χ4v) is 1.74. The lowest BCUT2D eigenvalue weighted by molar-refractivity contribution is -0.142. The van der Waals surface area contributed by atoms with E-state index in [0.29, 0.717) is 21.7 Å². The molecule has 0 atom stereocenters. The zero-order chi connectivity index (χ0) is 12.8. The number of aliphatic hydroxyl groups is 1. The smallest absolute Gasteiger partial charge is 0.310 e. The molecule has 1 rings (SSSR count). The molecule has 0 aliphatic heterocycles. The summed E-state index contributed by atoms with van der Waals surface area (Å²) in [6, 6.07) is 5.00. The predicted molar refractivity (Wildman–Crippen MR) is 62.4 cm³/mol. The van der Waals surface area contributed by atoms with Crippen molar-refractivity contribution in [1.82, 2.24) is 0 Å². The van der Waals surface area contributed by atoms with E-state index in [1.165, 1.54) is 12.1 Å². The molecule has 0 amide bonds. The first-order valence-electron chi connectivity index (χ1n) is 5.10. The predicted octanol–water partition coefficient (Wildman–Crippen LogP) is 1.81. The van der Waals surface area contributed by atoms with Gasteiger partial charge in [0, 0.05) is 10.6 Å². The van der Waals surface area contributed by atoms with Crippen molar-refractivity contribution in [1.29, 1.82) is 5.26 Å². The highest BCUT2D eigenvalue weighted by Crippen LogP contribution is 2.24. The van der Waals surface area contributed by atoms with Crippen molar-refractivity contribution in [2.45, 2.75) is 20.0 Å². The molecule has 0 radical (unpaired) electrons. The third-order valence-electron chi connectivity index (χ3n) is 2.28. The van der Waals surface area contributed by atoms with Crippen molar-refractivity contribution in [3.05, 3.63) is 33.8 Å². The summed E-state index contributed by atoms with van der Waals surface area (Å²) in [7, 11) is 0. The molecule has 0 bridgehead atoms. The van der Waals surface area contributed by atoms with E-state index in [0.717, 1.165) is 0 Å². The van der Waals surface area contributed by atoms with Gasteiger partial charge >= 0.3 is 5.97 Å². The van der Waals surface area contributed by atoms with E-state index in [4.69, 9.17) is 21.6 Å². The molecule has 1 aromatic rings. The molecule has 0 unspecified atom stereocenters. The number of benzene rings is 1. The molecule has 0 saturated heterocycles. The van der Waals surface area contributed by atoms with E-state index in [1.807, 2.05) is 6.07 Å². The lowest BCUT2D eigenvalue weighted by Crippen LogP contribution is -2.10. The summed E-state index contributed by atoms with van der Waals surface area (Å²) < 4.78 is 4.81. The van der Waals surface area contributed by atoms with E-state index in [-0.39, 0.29) is 19.6 Å². The van der Waals surface area contributed by atoms with E-state index in [9.17, 15) is 9.90 Å². The van der Waals surface area contributed by atoms with E-state index in [1.54, 1.807) is 6.92 Å². The van der Waals surface area contributed by atoms with Crippen LogP contribution in [0.2, 0.25) is 5.02 Å². The second-order valence-electron chi connectivity index (χ2n) is 3.30. The molecule has 1 N–H and O–H groups in total. The average Bonchev–Trinajstić information content (AvgIpc) is 2.31. The Bertz CT molecular complexity index is 466. The normalized spacial score (nSPS) is 9.76. The van der Waals surface area contributed by atoms with Gasteiger partial charge in [-0.05, 0) is 24.6 Å². The zero-order valence-electron chi connectivity index (χ0n) is 9.36. The Morgan fingerprint density at radius 1 is 1.53 bits per heavy atom. The average molecular weight is 254 g/mol. The minimum Gasteiger partial charge on any atom is -0.466 e. The standard InChI is InChI=1S/C12H12ClNO3/c1-2-17-12(16)5-9-10(7-15)8(6-14)3-4-11(9)13/h3-4,15H,2,5,7H2,1H3. The number of hydrogen-bond acceptors (Lipinski definition) is 4. The quantitative estimate of drug-likeness (QED) is 0.831. The van der Waals surface area contributed by atoms with Gasteiger partial charge in [0.15, 0.2) is 0 Å². The van der Waals surface area contributed by atoms with Crippen LogP contribution in [0.4, 0.5) is 0 Å². The number of ether oxygens (including phenoxy) is 1. The van der Waals surface area contributed by atoms with Crippen LogP contribution in [0, 0.1) is 11.3 Å². The molecular formula is C12H12ClNO3. The van der Waals surface area contributed by atoms with Crippen molar-refractivity contribution in [2.24, 2.45) is 0 Å². The second-order valence-corrected chi connectivity index (χ2v) is 3.71. The van der Waals surface area contributed by atoms with Crippen LogP contribution >= 0.6 is 11.6 Å². The van der Waals surface area contributed by atoms with Crippen LogP contribution in [0.1, 0.15) is 23.6 Å². The first kappa shape index (κ1) is 13.5. The molecule has 0 fully saturated rings. The molecular weight excluding hydrogens is 242 g/mol. The van der Waals surface area contributed by atoms with Gasteiger partial charge in [-0.25, -0.2) is 0 Å². The van der Waals surface area contributed by atoms with Gasteiger partial charge in [-0.1, -0.05) is 11.6 Å². The van der Waals surface area contributed by atoms with Crippen LogP contribution in [0.5, 0.6) is 0 Å². The fraction of sp³-hybridized carbons (Fsp3) is 0.333. The molecule has 90 valence electrons. The number of hydrogen-bond donors (Lipinski definition) is 1. The highest BCUT2D eigenvalue weighted by atomic mass is 35.5. The lowest BCUT2D eigenvalue weighted by atomic mass is 10.00. The van der Waals surface area contributed by atoms with Gasteiger partial charge in [0.1, 0.15) is 0 Å². The molecule has 1 aromatic carbocycles. The van der Waals surface area contributed by atoms with Crippen molar-refractivity contribution < 1.29 is 14.6 Å². The number of aliphatic hydroxyl groups excluding tert-OH is 1. The number of nitrogens with zero attached hydrogens (tertiary/aromatic N) is 1. The summed E-state index contributed by atoms with van der Waals surface area (Å²) in [4.78, 5) is 11.4. The highest BCUT2D eigenvalue weighted by molar-refractivity contribution is 6.31. The third kappa shape index (κ3) is 3.19. The molecule has 0 saturated carbocycles. The minimum absolute atomic E-state index is 0.0436. The maximum absolute atomic E-state index is 11.4. The summed E-state index contributed by atoms with van der Waals surface area (Å²) in [6.07, 6.45) is -0.0436. The van der Waals surface area contributed by atoms with Crippen LogP contribution in [-0.4, -0.2) is 17.7 Å². The lowest BCUT2D eigenvalue weighted by Gasteiger charge is -2.10.